The summed E-state index contributed by atoms with van der Waals surface area (Å²) in [5.41, 5.74) is 3.11. The first-order valence-electron chi connectivity index (χ1n) is 11.5. The van der Waals surface area contributed by atoms with E-state index in [2.05, 4.69) is 31.8 Å². The van der Waals surface area contributed by atoms with Gasteiger partial charge in [0.05, 0.1) is 21.8 Å². The molecule has 1 saturated heterocycles. The molecule has 0 amide bonds. The highest BCUT2D eigenvalue weighted by atomic mass is 32.1. The molecule has 3 heterocycles. The van der Waals surface area contributed by atoms with Gasteiger partial charge in [0, 0.05) is 44.4 Å². The number of aryl methyl sites for hydroxylation is 2. The summed E-state index contributed by atoms with van der Waals surface area (Å²) >= 11 is 1.67. The molecule has 5 rings (SSSR count). The van der Waals surface area contributed by atoms with Crippen LogP contribution in [-0.2, 0) is 6.54 Å². The molecule has 1 aliphatic rings. The van der Waals surface area contributed by atoms with Crippen LogP contribution in [-0.4, -0.2) is 75.5 Å². The van der Waals surface area contributed by atoms with Gasteiger partial charge in [-0.25, -0.2) is 4.98 Å². The number of hydrogen-bond acceptors (Lipinski definition) is 9. The van der Waals surface area contributed by atoms with Crippen molar-refractivity contribution in [3.63, 3.8) is 0 Å². The van der Waals surface area contributed by atoms with Crippen molar-refractivity contribution in [3.8, 4) is 17.1 Å². The Kier molecular flexibility index (Phi) is 6.87. The smallest absolute Gasteiger partial charge is 0.241 e. The van der Waals surface area contributed by atoms with Gasteiger partial charge in [0.2, 0.25) is 11.7 Å². The monoisotopic (exact) mass is 479 g/mol. The molecule has 2 aromatic carbocycles. The van der Waals surface area contributed by atoms with Crippen molar-refractivity contribution in [2.75, 3.05) is 39.3 Å². The summed E-state index contributed by atoms with van der Waals surface area (Å²) in [6.07, 6.45) is -0.549. The third kappa shape index (κ3) is 5.61. The molecule has 2 aromatic heterocycles. The van der Waals surface area contributed by atoms with Gasteiger partial charge in [-0.2, -0.15) is 4.98 Å². The van der Waals surface area contributed by atoms with Crippen LogP contribution in [0.25, 0.3) is 21.6 Å². The van der Waals surface area contributed by atoms with E-state index < -0.39 is 6.10 Å². The maximum absolute atomic E-state index is 10.5. The Morgan fingerprint density at radius 2 is 1.79 bits per heavy atom. The van der Waals surface area contributed by atoms with Gasteiger partial charge < -0.3 is 14.4 Å². The quantitative estimate of drug-likeness (QED) is 0.411. The van der Waals surface area contributed by atoms with E-state index in [1.54, 1.807) is 11.3 Å². The van der Waals surface area contributed by atoms with Crippen molar-refractivity contribution in [3.05, 3.63) is 58.9 Å². The Morgan fingerprint density at radius 1 is 1.03 bits per heavy atom. The van der Waals surface area contributed by atoms with Crippen LogP contribution in [0.3, 0.4) is 0 Å². The molecule has 1 aliphatic heterocycles. The number of ether oxygens (including phenoxy) is 1. The van der Waals surface area contributed by atoms with Crippen LogP contribution in [0.15, 0.2) is 47.0 Å². The molecule has 1 N–H and O–H groups in total. The lowest BCUT2D eigenvalue weighted by molar-refractivity contribution is 0.0426. The van der Waals surface area contributed by atoms with Gasteiger partial charge in [0.1, 0.15) is 18.5 Å². The van der Waals surface area contributed by atoms with Crippen LogP contribution in [0.2, 0.25) is 0 Å². The van der Waals surface area contributed by atoms with E-state index in [1.807, 2.05) is 49.4 Å². The second kappa shape index (κ2) is 10.2. The highest BCUT2D eigenvalue weighted by Gasteiger charge is 2.21. The Labute approximate surface area is 202 Å². The Balaban J connectivity index is 1.05. The van der Waals surface area contributed by atoms with Gasteiger partial charge in [0.25, 0.3) is 0 Å². The molecule has 0 saturated carbocycles. The van der Waals surface area contributed by atoms with E-state index in [0.717, 1.165) is 52.7 Å². The van der Waals surface area contributed by atoms with E-state index in [-0.39, 0.29) is 6.61 Å². The lowest BCUT2D eigenvalue weighted by Crippen LogP contribution is -2.48. The van der Waals surface area contributed by atoms with Crippen molar-refractivity contribution in [2.45, 2.75) is 26.5 Å². The fourth-order valence-corrected chi connectivity index (χ4v) is 4.92. The van der Waals surface area contributed by atoms with Crippen LogP contribution in [0.4, 0.5) is 0 Å². The summed E-state index contributed by atoms with van der Waals surface area (Å²) < 4.78 is 12.4. The molecule has 1 fully saturated rings. The Bertz CT molecular complexity index is 1230. The molecule has 0 spiro atoms. The summed E-state index contributed by atoms with van der Waals surface area (Å²) in [6.45, 7) is 9.06. The summed E-state index contributed by atoms with van der Waals surface area (Å²) in [4.78, 5) is 13.6. The standard InChI is InChI=1S/C25H29N5O3S/c1-17-3-5-19(6-4-17)25-27-24(33-28-25)15-30-11-9-29(10-12-30)14-20(31)16-32-21-7-8-23-22(13-21)26-18(2)34-23/h3-8,13,20,31H,9-12,14-16H2,1-2H3/t20-/m1/s1. The molecule has 1 atom stereocenters. The number of benzene rings is 2. The molecular formula is C25H29N5O3S. The van der Waals surface area contributed by atoms with E-state index >= 15 is 0 Å². The molecule has 0 bridgehead atoms. The van der Waals surface area contributed by atoms with Crippen LogP contribution in [0.1, 0.15) is 16.5 Å². The molecule has 4 aromatic rings. The van der Waals surface area contributed by atoms with Crippen molar-refractivity contribution >= 4 is 21.6 Å². The van der Waals surface area contributed by atoms with E-state index in [1.165, 1.54) is 5.56 Å². The van der Waals surface area contributed by atoms with Crippen LogP contribution in [0, 0.1) is 13.8 Å². The maximum Gasteiger partial charge on any atom is 0.241 e. The van der Waals surface area contributed by atoms with Gasteiger partial charge in [-0.3, -0.25) is 9.80 Å². The highest BCUT2D eigenvalue weighted by molar-refractivity contribution is 7.18. The number of aliphatic hydroxyl groups excluding tert-OH is 1. The minimum Gasteiger partial charge on any atom is -0.491 e. The van der Waals surface area contributed by atoms with Gasteiger partial charge >= 0.3 is 0 Å². The maximum atomic E-state index is 10.5. The van der Waals surface area contributed by atoms with Crippen molar-refractivity contribution in [2.24, 2.45) is 0 Å². The average molecular weight is 480 g/mol. The zero-order valence-corrected chi connectivity index (χ0v) is 20.3. The number of nitrogens with zero attached hydrogens (tertiary/aromatic N) is 5. The zero-order valence-electron chi connectivity index (χ0n) is 19.5. The largest absolute Gasteiger partial charge is 0.491 e. The second-order valence-corrected chi connectivity index (χ2v) is 10.0. The Morgan fingerprint density at radius 3 is 2.59 bits per heavy atom. The number of fused-ring (bicyclic) bond motifs is 1. The van der Waals surface area contributed by atoms with Crippen LogP contribution >= 0.6 is 11.3 Å². The van der Waals surface area contributed by atoms with E-state index in [4.69, 9.17) is 9.26 Å². The van der Waals surface area contributed by atoms with E-state index in [9.17, 15) is 5.11 Å². The van der Waals surface area contributed by atoms with Crippen LogP contribution in [0.5, 0.6) is 5.75 Å². The fraction of sp³-hybridized carbons (Fsp3) is 0.400. The zero-order chi connectivity index (χ0) is 23.5. The number of aromatic nitrogens is 3. The highest BCUT2D eigenvalue weighted by Crippen LogP contribution is 2.25. The first-order valence-corrected chi connectivity index (χ1v) is 12.4. The number of aliphatic hydroxyl groups is 1. The van der Waals surface area contributed by atoms with Gasteiger partial charge in [-0.05, 0) is 26.0 Å². The first kappa shape index (κ1) is 22.9. The predicted octanol–water partition coefficient (Wildman–Crippen LogP) is 3.52. The van der Waals surface area contributed by atoms with Gasteiger partial charge in [-0.15, -0.1) is 11.3 Å². The molecular weight excluding hydrogens is 450 g/mol. The van der Waals surface area contributed by atoms with Crippen molar-refractivity contribution in [1.29, 1.82) is 0 Å². The number of hydrogen-bond donors (Lipinski definition) is 1. The molecule has 9 heteroatoms. The average Bonchev–Trinajstić information content (AvgIpc) is 3.44. The normalized spacial score (nSPS) is 16.2. The molecule has 0 unspecified atom stereocenters. The minimum atomic E-state index is -0.549. The minimum absolute atomic E-state index is 0.263. The van der Waals surface area contributed by atoms with E-state index in [0.29, 0.717) is 24.8 Å². The molecule has 8 nitrogen and oxygen atoms in total. The number of piperazine rings is 1. The lowest BCUT2D eigenvalue weighted by atomic mass is 10.1. The summed E-state index contributed by atoms with van der Waals surface area (Å²) in [5.74, 6) is 2.00. The topological polar surface area (TPSA) is 87.8 Å². The molecule has 34 heavy (non-hydrogen) atoms. The molecule has 0 radical (unpaired) electrons. The summed E-state index contributed by atoms with van der Waals surface area (Å²) in [6, 6.07) is 14.0. The SMILES string of the molecule is Cc1ccc(-c2noc(CN3CCN(C[C@@H](O)COc4ccc5sc(C)nc5c4)CC3)n2)cc1. The Hall–Kier alpha value is -2.85. The summed E-state index contributed by atoms with van der Waals surface area (Å²) in [7, 11) is 0. The molecule has 178 valence electrons. The van der Waals surface area contributed by atoms with Crippen molar-refractivity contribution < 1.29 is 14.4 Å². The fourth-order valence-electron chi connectivity index (χ4n) is 4.12. The van der Waals surface area contributed by atoms with Gasteiger partial charge in [-0.1, -0.05) is 35.0 Å². The molecule has 0 aliphatic carbocycles. The number of β-amino-alcohol motifs (C(OH)–C–C–N with tert-alkyl or cyclic N) is 1. The number of thiazole rings is 1. The van der Waals surface area contributed by atoms with Gasteiger partial charge in [0.15, 0.2) is 0 Å². The third-order valence-corrected chi connectivity index (χ3v) is 6.93. The van der Waals surface area contributed by atoms with Crippen LogP contribution < -0.4 is 4.74 Å². The second-order valence-electron chi connectivity index (χ2n) is 8.78. The third-order valence-electron chi connectivity index (χ3n) is 5.98. The van der Waals surface area contributed by atoms with Crippen molar-refractivity contribution in [1.82, 2.24) is 24.9 Å². The number of rotatable bonds is 8. The lowest BCUT2D eigenvalue weighted by Gasteiger charge is -2.34. The first-order chi connectivity index (χ1) is 16.5. The predicted molar refractivity (Wildman–Crippen MR) is 132 cm³/mol. The summed E-state index contributed by atoms with van der Waals surface area (Å²) in [5, 5.41) is 15.6.